The Hall–Kier alpha value is -1.96. The molecule has 0 aliphatic heterocycles. The van der Waals surface area contributed by atoms with Crippen LogP contribution in [0.1, 0.15) is 25.8 Å². The van der Waals surface area contributed by atoms with Crippen LogP contribution < -0.4 is 15.4 Å². The number of ether oxygens (including phenoxy) is 2. The molecule has 0 aromatic heterocycles. The van der Waals surface area contributed by atoms with Gasteiger partial charge < -0.3 is 20.1 Å². The third kappa shape index (κ3) is 8.92. The molecule has 0 heterocycles. The van der Waals surface area contributed by atoms with Gasteiger partial charge in [-0.2, -0.15) is 0 Å². The lowest BCUT2D eigenvalue weighted by atomic mass is 10.2. The number of carbonyl (C=O) groups is 1. The smallest absolute Gasteiger partial charge is 0.405 e. The SMILES string of the molecule is CC(C)OCCCNC(=O)NCc1ccccc1OC(F)(F)F. The van der Waals surface area contributed by atoms with Crippen molar-refractivity contribution in [1.29, 1.82) is 0 Å². The third-order valence-electron chi connectivity index (χ3n) is 2.70. The lowest BCUT2D eigenvalue weighted by Gasteiger charge is -2.14. The van der Waals surface area contributed by atoms with E-state index in [2.05, 4.69) is 15.4 Å². The Kier molecular flexibility index (Phi) is 7.67. The molecule has 8 heteroatoms. The fraction of sp³-hybridized carbons (Fsp3) is 0.533. The zero-order valence-electron chi connectivity index (χ0n) is 13.1. The van der Waals surface area contributed by atoms with Crippen LogP contribution >= 0.6 is 0 Å². The molecule has 0 atom stereocenters. The Labute approximate surface area is 133 Å². The molecule has 2 amide bonds. The number of hydrogen-bond acceptors (Lipinski definition) is 3. The maximum absolute atomic E-state index is 12.3. The van der Waals surface area contributed by atoms with Gasteiger partial charge in [0, 0.05) is 25.3 Å². The minimum atomic E-state index is -4.77. The van der Waals surface area contributed by atoms with Gasteiger partial charge in [-0.1, -0.05) is 18.2 Å². The summed E-state index contributed by atoms with van der Waals surface area (Å²) in [6.07, 6.45) is -3.98. The molecular formula is C15H21F3N2O3. The minimum Gasteiger partial charge on any atom is -0.405 e. The summed E-state index contributed by atoms with van der Waals surface area (Å²) in [6, 6.07) is 5.20. The van der Waals surface area contributed by atoms with E-state index in [0.29, 0.717) is 19.6 Å². The maximum Gasteiger partial charge on any atom is 0.573 e. The van der Waals surface area contributed by atoms with Gasteiger partial charge >= 0.3 is 12.4 Å². The van der Waals surface area contributed by atoms with Crippen molar-refractivity contribution in [3.8, 4) is 5.75 Å². The fourth-order valence-electron chi connectivity index (χ4n) is 1.71. The molecule has 0 saturated heterocycles. The quantitative estimate of drug-likeness (QED) is 0.718. The first kappa shape index (κ1) is 19.1. The molecule has 0 unspecified atom stereocenters. The Balaban J connectivity index is 2.36. The van der Waals surface area contributed by atoms with Crippen molar-refractivity contribution in [3.05, 3.63) is 29.8 Å². The fourth-order valence-corrected chi connectivity index (χ4v) is 1.71. The van der Waals surface area contributed by atoms with Gasteiger partial charge in [-0.25, -0.2) is 4.79 Å². The number of rotatable bonds is 8. The first-order chi connectivity index (χ1) is 10.8. The number of halogens is 3. The van der Waals surface area contributed by atoms with Crippen LogP contribution in [-0.2, 0) is 11.3 Å². The Morgan fingerprint density at radius 3 is 2.57 bits per heavy atom. The molecule has 0 bridgehead atoms. The van der Waals surface area contributed by atoms with E-state index in [1.54, 1.807) is 6.07 Å². The number of hydrogen-bond donors (Lipinski definition) is 2. The zero-order valence-corrected chi connectivity index (χ0v) is 13.1. The minimum absolute atomic E-state index is 0.0689. The standard InChI is InChI=1S/C15H21F3N2O3/c1-11(2)22-9-5-8-19-14(21)20-10-12-6-3-4-7-13(12)23-15(16,17)18/h3-4,6-7,11H,5,8-10H2,1-2H3,(H2,19,20,21). The lowest BCUT2D eigenvalue weighted by molar-refractivity contribution is -0.274. The van der Waals surface area contributed by atoms with Crippen LogP contribution in [0, 0.1) is 0 Å². The monoisotopic (exact) mass is 334 g/mol. The third-order valence-corrected chi connectivity index (χ3v) is 2.70. The summed E-state index contributed by atoms with van der Waals surface area (Å²) in [7, 11) is 0. The normalized spacial score (nSPS) is 11.4. The largest absolute Gasteiger partial charge is 0.573 e. The highest BCUT2D eigenvalue weighted by molar-refractivity contribution is 5.73. The van der Waals surface area contributed by atoms with Crippen molar-refractivity contribution in [1.82, 2.24) is 10.6 Å². The lowest BCUT2D eigenvalue weighted by Crippen LogP contribution is -2.36. The molecule has 130 valence electrons. The summed E-state index contributed by atoms with van der Waals surface area (Å²) < 4.78 is 46.1. The number of urea groups is 1. The van der Waals surface area contributed by atoms with Gasteiger partial charge in [0.25, 0.3) is 0 Å². The first-order valence-electron chi connectivity index (χ1n) is 7.25. The number of nitrogens with one attached hydrogen (secondary N) is 2. The average molecular weight is 334 g/mol. The summed E-state index contributed by atoms with van der Waals surface area (Å²) in [4.78, 5) is 11.6. The Morgan fingerprint density at radius 1 is 1.22 bits per heavy atom. The van der Waals surface area contributed by atoms with E-state index in [1.807, 2.05) is 13.8 Å². The van der Waals surface area contributed by atoms with Gasteiger partial charge in [-0.05, 0) is 26.3 Å². The van der Waals surface area contributed by atoms with E-state index in [1.165, 1.54) is 18.2 Å². The van der Waals surface area contributed by atoms with Gasteiger partial charge in [0.2, 0.25) is 0 Å². The maximum atomic E-state index is 12.3. The van der Waals surface area contributed by atoms with Crippen molar-refractivity contribution in [3.63, 3.8) is 0 Å². The average Bonchev–Trinajstić information content (AvgIpc) is 2.44. The molecule has 2 N–H and O–H groups in total. The highest BCUT2D eigenvalue weighted by Gasteiger charge is 2.31. The van der Waals surface area contributed by atoms with Gasteiger partial charge in [-0.15, -0.1) is 13.2 Å². The summed E-state index contributed by atoms with van der Waals surface area (Å²) in [5.74, 6) is -0.328. The van der Waals surface area contributed by atoms with Gasteiger partial charge in [0.05, 0.1) is 6.10 Å². The molecule has 23 heavy (non-hydrogen) atoms. The van der Waals surface area contributed by atoms with Crippen LogP contribution in [0.25, 0.3) is 0 Å². The molecule has 0 spiro atoms. The van der Waals surface area contributed by atoms with E-state index in [-0.39, 0.29) is 24.0 Å². The van der Waals surface area contributed by atoms with Crippen molar-refractivity contribution >= 4 is 6.03 Å². The van der Waals surface area contributed by atoms with Crippen molar-refractivity contribution in [2.24, 2.45) is 0 Å². The molecule has 5 nitrogen and oxygen atoms in total. The zero-order chi connectivity index (χ0) is 17.3. The van der Waals surface area contributed by atoms with Crippen LogP contribution in [0.15, 0.2) is 24.3 Å². The predicted molar refractivity (Wildman–Crippen MR) is 79.1 cm³/mol. The molecular weight excluding hydrogens is 313 g/mol. The molecule has 1 aromatic carbocycles. The Bertz CT molecular complexity index is 493. The van der Waals surface area contributed by atoms with Gasteiger partial charge in [0.1, 0.15) is 5.75 Å². The highest BCUT2D eigenvalue weighted by atomic mass is 19.4. The van der Waals surface area contributed by atoms with E-state index < -0.39 is 12.4 Å². The molecule has 0 fully saturated rings. The second-order valence-corrected chi connectivity index (χ2v) is 5.04. The van der Waals surface area contributed by atoms with Crippen LogP contribution in [0.5, 0.6) is 5.75 Å². The summed E-state index contributed by atoms with van der Waals surface area (Å²) in [6.45, 7) is 4.71. The van der Waals surface area contributed by atoms with E-state index >= 15 is 0 Å². The van der Waals surface area contributed by atoms with Crippen LogP contribution in [-0.4, -0.2) is 31.6 Å². The van der Waals surface area contributed by atoms with Gasteiger partial charge in [0.15, 0.2) is 0 Å². The molecule has 0 radical (unpaired) electrons. The molecule has 1 aromatic rings. The molecule has 1 rings (SSSR count). The number of amides is 2. The van der Waals surface area contributed by atoms with E-state index in [4.69, 9.17) is 4.74 Å². The number of alkyl halides is 3. The second kappa shape index (κ2) is 9.24. The Morgan fingerprint density at radius 2 is 1.91 bits per heavy atom. The van der Waals surface area contributed by atoms with Crippen LogP contribution in [0.4, 0.5) is 18.0 Å². The summed E-state index contributed by atoms with van der Waals surface area (Å²) >= 11 is 0. The molecule has 0 aliphatic carbocycles. The molecule has 0 aliphatic rings. The summed E-state index contributed by atoms with van der Waals surface area (Å²) in [5, 5.41) is 5.09. The highest BCUT2D eigenvalue weighted by Crippen LogP contribution is 2.25. The number of benzene rings is 1. The van der Waals surface area contributed by atoms with Gasteiger partial charge in [-0.3, -0.25) is 0 Å². The van der Waals surface area contributed by atoms with Crippen LogP contribution in [0.3, 0.4) is 0 Å². The van der Waals surface area contributed by atoms with Crippen molar-refractivity contribution < 1.29 is 27.4 Å². The molecule has 0 saturated carbocycles. The number of carbonyl (C=O) groups excluding carboxylic acids is 1. The van der Waals surface area contributed by atoms with E-state index in [0.717, 1.165) is 0 Å². The van der Waals surface area contributed by atoms with Crippen molar-refractivity contribution in [2.45, 2.75) is 39.3 Å². The number of para-hydroxylation sites is 1. The van der Waals surface area contributed by atoms with Crippen LogP contribution in [0.2, 0.25) is 0 Å². The predicted octanol–water partition coefficient (Wildman–Crippen LogP) is 3.20. The summed E-state index contributed by atoms with van der Waals surface area (Å²) in [5.41, 5.74) is 0.239. The topological polar surface area (TPSA) is 59.6 Å². The van der Waals surface area contributed by atoms with E-state index in [9.17, 15) is 18.0 Å². The second-order valence-electron chi connectivity index (χ2n) is 5.04. The van der Waals surface area contributed by atoms with Crippen molar-refractivity contribution in [2.75, 3.05) is 13.2 Å². The first-order valence-corrected chi connectivity index (χ1v) is 7.25.